The molecular formula is C17H22N4O3. The fourth-order valence-corrected chi connectivity index (χ4v) is 2.33. The van der Waals surface area contributed by atoms with Crippen LogP contribution in [0, 0.1) is 6.92 Å². The maximum absolute atomic E-state index is 12.0. The van der Waals surface area contributed by atoms with E-state index in [4.69, 9.17) is 5.11 Å². The Morgan fingerprint density at radius 2 is 2.12 bits per heavy atom. The van der Waals surface area contributed by atoms with Crippen molar-refractivity contribution >= 4 is 17.7 Å². The Morgan fingerprint density at radius 3 is 2.79 bits per heavy atom. The summed E-state index contributed by atoms with van der Waals surface area (Å²) in [6, 6.07) is 6.37. The molecule has 0 fully saturated rings. The molecule has 2 rings (SSSR count). The zero-order valence-electron chi connectivity index (χ0n) is 14.0. The second kappa shape index (κ2) is 7.63. The largest absolute Gasteiger partial charge is 0.478 e. The zero-order chi connectivity index (χ0) is 17.7. The lowest BCUT2D eigenvalue weighted by molar-refractivity contribution is 0.0696. The molecule has 1 aromatic heterocycles. The third-order valence-corrected chi connectivity index (χ3v) is 3.93. The van der Waals surface area contributed by atoms with Crippen molar-refractivity contribution in [3.8, 4) is 0 Å². The number of carbonyl (C=O) groups excluding carboxylic acids is 1. The van der Waals surface area contributed by atoms with Gasteiger partial charge in [-0.2, -0.15) is 5.10 Å². The van der Waals surface area contributed by atoms with Crippen LogP contribution in [-0.2, 0) is 6.54 Å². The SMILES string of the molecule is CCC(C)n1ncc(NC(=O)NCc2cccc(C(=O)O)c2)c1C. The van der Waals surface area contributed by atoms with Crippen LogP contribution >= 0.6 is 0 Å². The number of nitrogens with zero attached hydrogens (tertiary/aromatic N) is 2. The summed E-state index contributed by atoms with van der Waals surface area (Å²) in [7, 11) is 0. The predicted molar refractivity (Wildman–Crippen MR) is 91.2 cm³/mol. The van der Waals surface area contributed by atoms with Gasteiger partial charge in [0.05, 0.1) is 23.1 Å². The van der Waals surface area contributed by atoms with Crippen molar-refractivity contribution < 1.29 is 14.7 Å². The van der Waals surface area contributed by atoms with Crippen LogP contribution in [0.25, 0.3) is 0 Å². The lowest BCUT2D eigenvalue weighted by Crippen LogP contribution is -2.28. The van der Waals surface area contributed by atoms with Crippen LogP contribution in [0.3, 0.4) is 0 Å². The van der Waals surface area contributed by atoms with E-state index in [1.54, 1.807) is 18.3 Å². The van der Waals surface area contributed by atoms with Gasteiger partial charge in [0.25, 0.3) is 0 Å². The average molecular weight is 330 g/mol. The molecule has 0 saturated heterocycles. The second-order valence-electron chi connectivity index (χ2n) is 5.66. The van der Waals surface area contributed by atoms with Crippen LogP contribution in [0.15, 0.2) is 30.5 Å². The topological polar surface area (TPSA) is 96.3 Å². The van der Waals surface area contributed by atoms with Gasteiger partial charge < -0.3 is 15.7 Å². The lowest BCUT2D eigenvalue weighted by atomic mass is 10.1. The molecule has 2 amide bonds. The number of urea groups is 1. The van der Waals surface area contributed by atoms with Gasteiger partial charge in [-0.05, 0) is 38.0 Å². The number of aromatic nitrogens is 2. The Morgan fingerprint density at radius 1 is 1.38 bits per heavy atom. The highest BCUT2D eigenvalue weighted by molar-refractivity contribution is 5.90. The van der Waals surface area contributed by atoms with E-state index in [0.717, 1.165) is 17.7 Å². The van der Waals surface area contributed by atoms with Gasteiger partial charge in [0.1, 0.15) is 0 Å². The van der Waals surface area contributed by atoms with Crippen molar-refractivity contribution in [1.82, 2.24) is 15.1 Å². The Hall–Kier alpha value is -2.83. The highest BCUT2D eigenvalue weighted by Gasteiger charge is 2.12. The number of anilines is 1. The van der Waals surface area contributed by atoms with Crippen LogP contribution in [0.4, 0.5) is 10.5 Å². The molecule has 0 saturated carbocycles. The number of benzene rings is 1. The summed E-state index contributed by atoms with van der Waals surface area (Å²) in [4.78, 5) is 23.0. The number of hydrogen-bond donors (Lipinski definition) is 3. The summed E-state index contributed by atoms with van der Waals surface area (Å²) >= 11 is 0. The molecule has 3 N–H and O–H groups in total. The van der Waals surface area contributed by atoms with Crippen molar-refractivity contribution in [1.29, 1.82) is 0 Å². The van der Waals surface area contributed by atoms with Crippen LogP contribution in [0.2, 0.25) is 0 Å². The van der Waals surface area contributed by atoms with E-state index >= 15 is 0 Å². The Bertz CT molecular complexity index is 739. The summed E-state index contributed by atoms with van der Waals surface area (Å²) < 4.78 is 1.88. The molecule has 0 aliphatic heterocycles. The fraction of sp³-hybridized carbons (Fsp3) is 0.353. The molecule has 7 heteroatoms. The molecule has 1 unspecified atom stereocenters. The van der Waals surface area contributed by atoms with E-state index < -0.39 is 5.97 Å². The van der Waals surface area contributed by atoms with Gasteiger partial charge >= 0.3 is 12.0 Å². The molecule has 24 heavy (non-hydrogen) atoms. The number of carboxylic acid groups (broad SMARTS) is 1. The van der Waals surface area contributed by atoms with Crippen molar-refractivity contribution in [3.63, 3.8) is 0 Å². The van der Waals surface area contributed by atoms with Gasteiger partial charge in [0.15, 0.2) is 0 Å². The predicted octanol–water partition coefficient (Wildman–Crippen LogP) is 3.18. The minimum Gasteiger partial charge on any atom is -0.478 e. The van der Waals surface area contributed by atoms with Crippen LogP contribution in [0.1, 0.15) is 47.9 Å². The van der Waals surface area contributed by atoms with Gasteiger partial charge in [0.2, 0.25) is 0 Å². The van der Waals surface area contributed by atoms with Crippen molar-refractivity contribution in [2.24, 2.45) is 0 Å². The number of carboxylic acids is 1. The first-order chi connectivity index (χ1) is 11.4. The van der Waals surface area contributed by atoms with Gasteiger partial charge in [-0.25, -0.2) is 9.59 Å². The van der Waals surface area contributed by atoms with Crippen molar-refractivity contribution in [3.05, 3.63) is 47.3 Å². The first-order valence-corrected chi connectivity index (χ1v) is 7.83. The van der Waals surface area contributed by atoms with E-state index in [1.165, 1.54) is 12.1 Å². The van der Waals surface area contributed by atoms with Crippen LogP contribution in [-0.4, -0.2) is 26.9 Å². The summed E-state index contributed by atoms with van der Waals surface area (Å²) in [5, 5.41) is 18.7. The monoisotopic (exact) mass is 330 g/mol. The molecule has 0 spiro atoms. The first-order valence-electron chi connectivity index (χ1n) is 7.83. The van der Waals surface area contributed by atoms with Gasteiger partial charge in [-0.3, -0.25) is 4.68 Å². The smallest absolute Gasteiger partial charge is 0.335 e. The van der Waals surface area contributed by atoms with E-state index in [9.17, 15) is 9.59 Å². The van der Waals surface area contributed by atoms with Crippen LogP contribution in [0.5, 0.6) is 0 Å². The summed E-state index contributed by atoms with van der Waals surface area (Å²) in [5.41, 5.74) is 2.47. The molecule has 2 aromatic rings. The third-order valence-electron chi connectivity index (χ3n) is 3.93. The van der Waals surface area contributed by atoms with Gasteiger partial charge in [-0.1, -0.05) is 19.1 Å². The van der Waals surface area contributed by atoms with E-state index in [0.29, 0.717) is 5.69 Å². The quantitative estimate of drug-likeness (QED) is 0.758. The van der Waals surface area contributed by atoms with Crippen molar-refractivity contribution in [2.45, 2.75) is 39.8 Å². The van der Waals surface area contributed by atoms with E-state index in [1.807, 2.05) is 11.6 Å². The molecule has 7 nitrogen and oxygen atoms in total. The molecule has 1 aromatic carbocycles. The maximum atomic E-state index is 12.0. The van der Waals surface area contributed by atoms with Gasteiger partial charge in [-0.15, -0.1) is 0 Å². The Balaban J connectivity index is 1.96. The number of nitrogens with one attached hydrogen (secondary N) is 2. The number of carbonyl (C=O) groups is 2. The summed E-state index contributed by atoms with van der Waals surface area (Å²) in [6.07, 6.45) is 2.58. The number of rotatable bonds is 6. The molecule has 1 heterocycles. The fourth-order valence-electron chi connectivity index (χ4n) is 2.33. The first kappa shape index (κ1) is 17.5. The Labute approximate surface area is 140 Å². The standard InChI is InChI=1S/C17H22N4O3/c1-4-11(2)21-12(3)15(10-19-21)20-17(24)18-9-13-6-5-7-14(8-13)16(22)23/h5-8,10-11H,4,9H2,1-3H3,(H,22,23)(H2,18,20,24). The van der Waals surface area contributed by atoms with Gasteiger partial charge in [0, 0.05) is 12.6 Å². The van der Waals surface area contributed by atoms with Crippen LogP contribution < -0.4 is 10.6 Å². The lowest BCUT2D eigenvalue weighted by Gasteiger charge is -2.12. The molecule has 1 atom stereocenters. The average Bonchev–Trinajstić information content (AvgIpc) is 2.93. The van der Waals surface area contributed by atoms with E-state index in [-0.39, 0.29) is 24.2 Å². The minimum absolute atomic E-state index is 0.195. The number of amides is 2. The molecular weight excluding hydrogens is 308 g/mol. The zero-order valence-corrected chi connectivity index (χ0v) is 14.0. The summed E-state index contributed by atoms with van der Waals surface area (Å²) in [5.74, 6) is -0.991. The minimum atomic E-state index is -0.991. The molecule has 128 valence electrons. The number of aromatic carboxylic acids is 1. The molecule has 0 aliphatic carbocycles. The molecule has 0 radical (unpaired) electrons. The highest BCUT2D eigenvalue weighted by atomic mass is 16.4. The normalized spacial score (nSPS) is 11.8. The molecule has 0 bridgehead atoms. The number of hydrogen-bond acceptors (Lipinski definition) is 3. The molecule has 0 aliphatic rings. The van der Waals surface area contributed by atoms with Crippen molar-refractivity contribution in [2.75, 3.05) is 5.32 Å². The maximum Gasteiger partial charge on any atom is 0.335 e. The Kier molecular flexibility index (Phi) is 5.57. The van der Waals surface area contributed by atoms with E-state index in [2.05, 4.69) is 29.6 Å². The summed E-state index contributed by atoms with van der Waals surface area (Å²) in [6.45, 7) is 6.30. The second-order valence-corrected chi connectivity index (χ2v) is 5.66. The third kappa shape index (κ3) is 4.13. The highest BCUT2D eigenvalue weighted by Crippen LogP contribution is 2.19.